The molecule has 15 heavy (non-hydrogen) atoms. The minimum atomic E-state index is 0.448. The van der Waals surface area contributed by atoms with E-state index >= 15 is 0 Å². The molecule has 2 aromatic heterocycles. The molecule has 80 valence electrons. The first-order valence-corrected chi connectivity index (χ1v) is 5.47. The second-order valence-electron chi connectivity index (χ2n) is 3.07. The minimum Gasteiger partial charge on any atom is -0.377 e. The van der Waals surface area contributed by atoms with Crippen LogP contribution in [0, 0.1) is 3.57 Å². The summed E-state index contributed by atoms with van der Waals surface area (Å²) in [6.45, 7) is 1.07. The van der Waals surface area contributed by atoms with Crippen LogP contribution in [0.1, 0.15) is 11.5 Å². The van der Waals surface area contributed by atoms with Gasteiger partial charge in [-0.3, -0.25) is 4.68 Å². The number of ether oxygens (including phenoxy) is 1. The summed E-state index contributed by atoms with van der Waals surface area (Å²) in [7, 11) is 1.62. The van der Waals surface area contributed by atoms with Gasteiger partial charge in [-0.05, 0) is 22.6 Å². The van der Waals surface area contributed by atoms with E-state index in [9.17, 15) is 0 Å². The highest BCUT2D eigenvalue weighted by Gasteiger charge is 2.05. The highest BCUT2D eigenvalue weighted by molar-refractivity contribution is 14.1. The van der Waals surface area contributed by atoms with Crippen molar-refractivity contribution in [3.8, 4) is 0 Å². The molecule has 0 aromatic carbocycles. The minimum absolute atomic E-state index is 0.448. The zero-order valence-corrected chi connectivity index (χ0v) is 10.3. The van der Waals surface area contributed by atoms with Gasteiger partial charge in [0.05, 0.1) is 16.3 Å². The fourth-order valence-corrected chi connectivity index (χ4v) is 1.68. The predicted octanol–water partition coefficient (Wildman–Crippen LogP) is 1.67. The van der Waals surface area contributed by atoms with Gasteiger partial charge >= 0.3 is 0 Å². The Morgan fingerprint density at radius 2 is 2.47 bits per heavy atom. The normalized spacial score (nSPS) is 10.8. The van der Waals surface area contributed by atoms with Crippen molar-refractivity contribution >= 4 is 22.6 Å². The maximum Gasteiger partial charge on any atom is 0.162 e. The van der Waals surface area contributed by atoms with Gasteiger partial charge in [-0.1, -0.05) is 5.16 Å². The van der Waals surface area contributed by atoms with Crippen LogP contribution in [0.25, 0.3) is 0 Å². The van der Waals surface area contributed by atoms with Crippen LogP contribution in [0.4, 0.5) is 0 Å². The molecule has 5 nitrogen and oxygen atoms in total. The van der Waals surface area contributed by atoms with Gasteiger partial charge in [-0.2, -0.15) is 5.10 Å². The average Bonchev–Trinajstić information content (AvgIpc) is 2.78. The van der Waals surface area contributed by atoms with Crippen molar-refractivity contribution in [2.45, 2.75) is 13.2 Å². The third-order valence-electron chi connectivity index (χ3n) is 1.82. The van der Waals surface area contributed by atoms with Crippen molar-refractivity contribution in [1.29, 1.82) is 0 Å². The van der Waals surface area contributed by atoms with E-state index < -0.39 is 0 Å². The van der Waals surface area contributed by atoms with Crippen LogP contribution in [0.3, 0.4) is 0 Å². The second kappa shape index (κ2) is 4.75. The zero-order valence-electron chi connectivity index (χ0n) is 8.18. The summed E-state index contributed by atoms with van der Waals surface area (Å²) in [5, 5.41) is 8.08. The van der Waals surface area contributed by atoms with Gasteiger partial charge in [0, 0.05) is 19.4 Å². The lowest BCUT2D eigenvalue weighted by Crippen LogP contribution is -1.99. The first-order chi connectivity index (χ1) is 7.28. The van der Waals surface area contributed by atoms with Gasteiger partial charge in [0.15, 0.2) is 5.76 Å². The van der Waals surface area contributed by atoms with Gasteiger partial charge in [0.25, 0.3) is 0 Å². The molecule has 6 heteroatoms. The fraction of sp³-hybridized carbons (Fsp3) is 0.333. The molecule has 0 aliphatic rings. The lowest BCUT2D eigenvalue weighted by molar-refractivity contribution is 0.155. The maximum atomic E-state index is 5.07. The number of hydrogen-bond acceptors (Lipinski definition) is 4. The van der Waals surface area contributed by atoms with Gasteiger partial charge in [0.1, 0.15) is 12.3 Å². The molecule has 0 aliphatic carbocycles. The van der Waals surface area contributed by atoms with Gasteiger partial charge < -0.3 is 9.26 Å². The number of nitrogens with zero attached hydrogens (tertiary/aromatic N) is 3. The van der Waals surface area contributed by atoms with Crippen molar-refractivity contribution in [3.05, 3.63) is 33.5 Å². The Morgan fingerprint density at radius 1 is 1.60 bits per heavy atom. The molecule has 0 saturated carbocycles. The molecule has 0 spiro atoms. The van der Waals surface area contributed by atoms with E-state index in [2.05, 4.69) is 32.8 Å². The molecule has 0 N–H and O–H groups in total. The molecule has 0 unspecified atom stereocenters. The van der Waals surface area contributed by atoms with E-state index in [-0.39, 0.29) is 0 Å². The number of methoxy groups -OCH3 is 1. The lowest BCUT2D eigenvalue weighted by Gasteiger charge is -1.94. The largest absolute Gasteiger partial charge is 0.377 e. The number of hydrogen-bond donors (Lipinski definition) is 0. The molecule has 2 heterocycles. The Balaban J connectivity index is 2.04. The molecule has 0 radical (unpaired) electrons. The van der Waals surface area contributed by atoms with Crippen molar-refractivity contribution < 1.29 is 9.26 Å². The summed E-state index contributed by atoms with van der Waals surface area (Å²) in [5.74, 6) is 0.731. The van der Waals surface area contributed by atoms with Crippen LogP contribution >= 0.6 is 22.6 Å². The molecule has 0 aliphatic heterocycles. The summed E-state index contributed by atoms with van der Waals surface area (Å²) in [4.78, 5) is 0. The van der Waals surface area contributed by atoms with Crippen molar-refractivity contribution in [1.82, 2.24) is 14.9 Å². The Labute approximate surface area is 101 Å². The lowest BCUT2D eigenvalue weighted by atomic mass is 10.4. The first-order valence-electron chi connectivity index (χ1n) is 4.39. The fourth-order valence-electron chi connectivity index (χ4n) is 1.23. The van der Waals surface area contributed by atoms with Gasteiger partial charge in [-0.25, -0.2) is 0 Å². The summed E-state index contributed by atoms with van der Waals surface area (Å²) < 4.78 is 12.9. The van der Waals surface area contributed by atoms with Gasteiger partial charge in [-0.15, -0.1) is 0 Å². The molecule has 0 amide bonds. The van der Waals surface area contributed by atoms with Crippen LogP contribution in [0.15, 0.2) is 23.0 Å². The molecule has 2 rings (SSSR count). The molecule has 2 aromatic rings. The Hall–Kier alpha value is -0.890. The van der Waals surface area contributed by atoms with E-state index in [1.54, 1.807) is 13.3 Å². The molecule has 0 atom stereocenters. The number of halogens is 1. The first kappa shape index (κ1) is 10.6. The molecule has 0 saturated heterocycles. The summed E-state index contributed by atoms with van der Waals surface area (Å²) >= 11 is 2.21. The quantitative estimate of drug-likeness (QED) is 0.805. The predicted molar refractivity (Wildman–Crippen MR) is 61.3 cm³/mol. The molecular weight excluding hydrogens is 309 g/mol. The van der Waals surface area contributed by atoms with E-state index in [4.69, 9.17) is 9.26 Å². The Bertz CT molecular complexity index is 438. The Kier molecular flexibility index (Phi) is 3.37. The van der Waals surface area contributed by atoms with Crippen LogP contribution in [-0.2, 0) is 17.9 Å². The van der Waals surface area contributed by atoms with E-state index in [1.165, 1.54) is 0 Å². The SMILES string of the molecule is COCc1cc(Cn2cc(I)cn2)no1. The van der Waals surface area contributed by atoms with Crippen LogP contribution in [0.2, 0.25) is 0 Å². The van der Waals surface area contributed by atoms with E-state index in [0.717, 1.165) is 15.0 Å². The number of rotatable bonds is 4. The second-order valence-corrected chi connectivity index (χ2v) is 4.32. The smallest absolute Gasteiger partial charge is 0.162 e. The third-order valence-corrected chi connectivity index (χ3v) is 2.38. The van der Waals surface area contributed by atoms with Crippen LogP contribution in [-0.4, -0.2) is 22.0 Å². The molecule has 0 fully saturated rings. The summed E-state index contributed by atoms with van der Waals surface area (Å²) in [5.41, 5.74) is 0.849. The van der Waals surface area contributed by atoms with Crippen LogP contribution < -0.4 is 0 Å². The standard InChI is InChI=1S/C9H10IN3O2/c1-14-6-9-2-8(12-15-9)5-13-4-7(10)3-11-13/h2-4H,5-6H2,1H3. The van der Waals surface area contributed by atoms with Crippen LogP contribution in [0.5, 0.6) is 0 Å². The van der Waals surface area contributed by atoms with Crippen molar-refractivity contribution in [2.24, 2.45) is 0 Å². The molecular formula is C9H10IN3O2. The monoisotopic (exact) mass is 319 g/mol. The zero-order chi connectivity index (χ0) is 10.7. The van der Waals surface area contributed by atoms with Gasteiger partial charge in [0.2, 0.25) is 0 Å². The molecule has 0 bridgehead atoms. The highest BCUT2D eigenvalue weighted by atomic mass is 127. The summed E-state index contributed by atoms with van der Waals surface area (Å²) in [6, 6.07) is 1.87. The van der Waals surface area contributed by atoms with E-state index in [1.807, 2.05) is 16.9 Å². The summed E-state index contributed by atoms with van der Waals surface area (Å²) in [6.07, 6.45) is 3.75. The average molecular weight is 319 g/mol. The number of aromatic nitrogens is 3. The highest BCUT2D eigenvalue weighted by Crippen LogP contribution is 2.07. The third kappa shape index (κ3) is 2.78. The topological polar surface area (TPSA) is 53.1 Å². The Morgan fingerprint density at radius 3 is 3.13 bits per heavy atom. The van der Waals surface area contributed by atoms with E-state index in [0.29, 0.717) is 13.2 Å². The van der Waals surface area contributed by atoms with Crippen molar-refractivity contribution in [3.63, 3.8) is 0 Å². The maximum absolute atomic E-state index is 5.07. The van der Waals surface area contributed by atoms with Crippen molar-refractivity contribution in [2.75, 3.05) is 7.11 Å².